The van der Waals surface area contributed by atoms with Crippen molar-refractivity contribution in [1.82, 2.24) is 15.1 Å². The molecule has 0 aliphatic rings. The number of rotatable bonds is 5. The Bertz CT molecular complexity index is 989. The summed E-state index contributed by atoms with van der Waals surface area (Å²) in [6.07, 6.45) is 1.81. The number of carbonyl (C=O) groups is 1. The largest absolute Gasteiger partial charge is 0.345 e. The Balaban J connectivity index is 1.70. The van der Waals surface area contributed by atoms with Crippen molar-refractivity contribution in [2.75, 3.05) is 0 Å². The summed E-state index contributed by atoms with van der Waals surface area (Å²) in [4.78, 5) is 15.1. The van der Waals surface area contributed by atoms with Gasteiger partial charge in [-0.3, -0.25) is 4.79 Å². The quantitative estimate of drug-likeness (QED) is 0.521. The third-order valence-corrected chi connectivity index (χ3v) is 5.98. The lowest BCUT2D eigenvalue weighted by Crippen LogP contribution is -2.26. The van der Waals surface area contributed by atoms with E-state index in [4.69, 9.17) is 0 Å². The van der Waals surface area contributed by atoms with Crippen LogP contribution < -0.4 is 5.32 Å². The highest BCUT2D eigenvalue weighted by Gasteiger charge is 2.21. The van der Waals surface area contributed by atoms with Crippen molar-refractivity contribution in [2.24, 2.45) is 0 Å². The normalized spacial score (nSPS) is 12.0. The number of nitrogens with zero attached hydrogens (tertiary/aromatic N) is 2. The molecular weight excluding hydrogens is 362 g/mol. The van der Waals surface area contributed by atoms with Gasteiger partial charge >= 0.3 is 0 Å². The van der Waals surface area contributed by atoms with E-state index in [1.54, 1.807) is 33.6 Å². The maximum absolute atomic E-state index is 13.0. The fraction of sp³-hybridized carbons (Fsp3) is 0.100. The average molecular weight is 380 g/mol. The molecule has 4 nitrogen and oxygen atoms in total. The lowest BCUT2D eigenvalue weighted by Gasteiger charge is -2.11. The second-order valence-electron chi connectivity index (χ2n) is 5.86. The number of benzene rings is 1. The summed E-state index contributed by atoms with van der Waals surface area (Å²) in [5, 5.41) is 11.8. The SMILES string of the molecule is C[C@@H](NC(=O)c1cn(-c2ccccc2)nc1-c1cccs1)c1cccs1. The second-order valence-corrected chi connectivity index (χ2v) is 7.79. The van der Waals surface area contributed by atoms with Crippen LogP contribution in [-0.2, 0) is 0 Å². The summed E-state index contributed by atoms with van der Waals surface area (Å²) in [5.74, 6) is -0.114. The van der Waals surface area contributed by atoms with Gasteiger partial charge in [0, 0.05) is 11.1 Å². The van der Waals surface area contributed by atoms with E-state index >= 15 is 0 Å². The molecule has 0 bridgehead atoms. The molecule has 0 aliphatic heterocycles. The summed E-state index contributed by atoms with van der Waals surface area (Å²) in [6.45, 7) is 2.00. The smallest absolute Gasteiger partial charge is 0.255 e. The Morgan fingerprint density at radius 1 is 1.04 bits per heavy atom. The zero-order chi connectivity index (χ0) is 17.9. The van der Waals surface area contributed by atoms with E-state index < -0.39 is 0 Å². The van der Waals surface area contributed by atoms with Crippen molar-refractivity contribution in [3.63, 3.8) is 0 Å². The molecule has 4 aromatic rings. The third-order valence-electron chi connectivity index (χ3n) is 4.05. The van der Waals surface area contributed by atoms with Crippen LogP contribution in [0.25, 0.3) is 16.3 Å². The van der Waals surface area contributed by atoms with Crippen molar-refractivity contribution >= 4 is 28.6 Å². The lowest BCUT2D eigenvalue weighted by atomic mass is 10.2. The Kier molecular flexibility index (Phi) is 4.69. The molecule has 1 aromatic carbocycles. The molecule has 3 aromatic heterocycles. The Morgan fingerprint density at radius 3 is 2.50 bits per heavy atom. The highest BCUT2D eigenvalue weighted by atomic mass is 32.1. The number of thiophene rings is 2. The fourth-order valence-corrected chi connectivity index (χ4v) is 4.19. The van der Waals surface area contributed by atoms with Crippen LogP contribution in [0.15, 0.2) is 71.6 Å². The van der Waals surface area contributed by atoms with E-state index in [2.05, 4.69) is 10.4 Å². The van der Waals surface area contributed by atoms with Crippen molar-refractivity contribution in [3.8, 4) is 16.3 Å². The van der Waals surface area contributed by atoms with E-state index in [-0.39, 0.29) is 11.9 Å². The van der Waals surface area contributed by atoms with Gasteiger partial charge in [-0.2, -0.15) is 5.10 Å². The summed E-state index contributed by atoms with van der Waals surface area (Å²) in [5.41, 5.74) is 2.22. The molecule has 0 aliphatic carbocycles. The molecule has 1 atom stereocenters. The van der Waals surface area contributed by atoms with E-state index in [1.807, 2.05) is 72.3 Å². The predicted molar refractivity (Wildman–Crippen MR) is 107 cm³/mol. The molecule has 0 spiro atoms. The summed E-state index contributed by atoms with van der Waals surface area (Å²) >= 11 is 3.22. The van der Waals surface area contributed by atoms with Gasteiger partial charge in [-0.05, 0) is 41.9 Å². The van der Waals surface area contributed by atoms with Gasteiger partial charge < -0.3 is 5.32 Å². The first kappa shape index (κ1) is 16.8. The number of carbonyl (C=O) groups excluding carboxylic acids is 1. The van der Waals surface area contributed by atoms with Gasteiger partial charge in [-0.25, -0.2) is 4.68 Å². The topological polar surface area (TPSA) is 46.9 Å². The standard InChI is InChI=1S/C20H17N3OS2/c1-14(17-9-5-11-25-17)21-20(24)16-13-23(15-7-3-2-4-8-15)22-19(16)18-10-6-12-26-18/h2-14H,1H3,(H,21,24)/t14-/m1/s1. The van der Waals surface area contributed by atoms with E-state index in [0.29, 0.717) is 11.3 Å². The van der Waals surface area contributed by atoms with Crippen LogP contribution >= 0.6 is 22.7 Å². The number of hydrogen-bond donors (Lipinski definition) is 1. The molecule has 130 valence electrons. The monoisotopic (exact) mass is 379 g/mol. The molecule has 0 saturated carbocycles. The Labute approximate surface area is 159 Å². The van der Waals surface area contributed by atoms with Crippen LogP contribution in [0.2, 0.25) is 0 Å². The van der Waals surface area contributed by atoms with Crippen molar-refractivity contribution in [1.29, 1.82) is 0 Å². The molecule has 0 fully saturated rings. The van der Waals surface area contributed by atoms with Crippen LogP contribution in [0.4, 0.5) is 0 Å². The molecule has 26 heavy (non-hydrogen) atoms. The van der Waals surface area contributed by atoms with Gasteiger partial charge in [0.2, 0.25) is 0 Å². The highest BCUT2D eigenvalue weighted by molar-refractivity contribution is 7.13. The molecule has 0 unspecified atom stereocenters. The highest BCUT2D eigenvalue weighted by Crippen LogP contribution is 2.28. The molecule has 0 saturated heterocycles. The maximum Gasteiger partial charge on any atom is 0.255 e. The minimum Gasteiger partial charge on any atom is -0.345 e. The number of amides is 1. The van der Waals surface area contributed by atoms with E-state index in [1.165, 1.54) is 0 Å². The molecule has 1 N–H and O–H groups in total. The minimum atomic E-state index is -0.114. The fourth-order valence-electron chi connectivity index (χ4n) is 2.73. The van der Waals surface area contributed by atoms with Gasteiger partial charge in [0.25, 0.3) is 5.91 Å². The van der Waals surface area contributed by atoms with Gasteiger partial charge in [0.15, 0.2) is 0 Å². The predicted octanol–water partition coefficient (Wildman–Crippen LogP) is 5.15. The molecule has 3 heterocycles. The van der Waals surface area contributed by atoms with Gasteiger partial charge in [0.1, 0.15) is 5.69 Å². The number of nitrogens with one attached hydrogen (secondary N) is 1. The zero-order valence-corrected chi connectivity index (χ0v) is 15.8. The zero-order valence-electron chi connectivity index (χ0n) is 14.1. The van der Waals surface area contributed by atoms with Crippen molar-refractivity contribution in [3.05, 3.63) is 82.0 Å². The molecule has 6 heteroatoms. The van der Waals surface area contributed by atoms with Gasteiger partial charge in [-0.15, -0.1) is 22.7 Å². The van der Waals surface area contributed by atoms with Gasteiger partial charge in [-0.1, -0.05) is 30.3 Å². The van der Waals surface area contributed by atoms with Crippen molar-refractivity contribution < 1.29 is 4.79 Å². The molecular formula is C20H17N3OS2. The third kappa shape index (κ3) is 3.34. The first-order valence-electron chi connectivity index (χ1n) is 8.25. The van der Waals surface area contributed by atoms with Gasteiger partial charge in [0.05, 0.1) is 22.2 Å². The minimum absolute atomic E-state index is 0.0428. The summed E-state index contributed by atoms with van der Waals surface area (Å²) < 4.78 is 1.76. The van der Waals surface area contributed by atoms with Crippen LogP contribution in [-0.4, -0.2) is 15.7 Å². The molecule has 4 rings (SSSR count). The van der Waals surface area contributed by atoms with Crippen LogP contribution in [0.3, 0.4) is 0 Å². The average Bonchev–Trinajstić information content (AvgIpc) is 3.43. The van der Waals surface area contributed by atoms with Crippen LogP contribution in [0.1, 0.15) is 28.2 Å². The van der Waals surface area contributed by atoms with Crippen molar-refractivity contribution in [2.45, 2.75) is 13.0 Å². The summed E-state index contributed by atoms with van der Waals surface area (Å²) in [7, 11) is 0. The number of aromatic nitrogens is 2. The lowest BCUT2D eigenvalue weighted by molar-refractivity contribution is 0.0941. The van der Waals surface area contributed by atoms with Crippen LogP contribution in [0, 0.1) is 0 Å². The number of para-hydroxylation sites is 1. The first-order chi connectivity index (χ1) is 12.7. The Hall–Kier alpha value is -2.70. The number of hydrogen-bond acceptors (Lipinski definition) is 4. The summed E-state index contributed by atoms with van der Waals surface area (Å²) in [6, 6.07) is 17.8. The molecule has 0 radical (unpaired) electrons. The van der Waals surface area contributed by atoms with Crippen LogP contribution in [0.5, 0.6) is 0 Å². The van der Waals surface area contributed by atoms with E-state index in [9.17, 15) is 4.79 Å². The first-order valence-corrected chi connectivity index (χ1v) is 10.0. The molecule has 1 amide bonds. The Morgan fingerprint density at radius 2 is 1.81 bits per heavy atom. The van der Waals surface area contributed by atoms with E-state index in [0.717, 1.165) is 15.4 Å². The maximum atomic E-state index is 13.0. The second kappa shape index (κ2) is 7.27.